The predicted molar refractivity (Wildman–Crippen MR) is 101 cm³/mol. The van der Waals surface area contributed by atoms with Crippen molar-refractivity contribution in [2.75, 3.05) is 5.32 Å². The Morgan fingerprint density at radius 3 is 2.28 bits per heavy atom. The van der Waals surface area contributed by atoms with E-state index in [1.165, 1.54) is 0 Å². The van der Waals surface area contributed by atoms with Crippen LogP contribution >= 0.6 is 11.6 Å². The highest BCUT2D eigenvalue weighted by molar-refractivity contribution is 6.30. The number of amides is 2. The van der Waals surface area contributed by atoms with E-state index in [1.807, 2.05) is 31.2 Å². The smallest absolute Gasteiger partial charge is 0.244 e. The second-order valence-corrected chi connectivity index (χ2v) is 6.21. The first kappa shape index (κ1) is 18.7. The second-order valence-electron chi connectivity index (χ2n) is 5.78. The topological polar surface area (TPSA) is 70.6 Å². The van der Waals surface area contributed by atoms with Crippen LogP contribution in [0.1, 0.15) is 24.5 Å². The fraction of sp³-hybridized carbons (Fsp3) is 0.211. The minimum atomic E-state index is -0.249. The molecule has 2 rings (SSSR count). The van der Waals surface area contributed by atoms with Crippen molar-refractivity contribution in [2.24, 2.45) is 5.10 Å². The summed E-state index contributed by atoms with van der Waals surface area (Å²) in [7, 11) is 0. The second kappa shape index (κ2) is 8.99. The number of aryl methyl sites for hydroxylation is 1. The van der Waals surface area contributed by atoms with Gasteiger partial charge in [-0.05, 0) is 43.7 Å². The molecule has 0 aliphatic heterocycles. The lowest BCUT2D eigenvalue weighted by molar-refractivity contribution is -0.120. The number of nitrogens with zero attached hydrogens (tertiary/aromatic N) is 1. The molecule has 2 amide bonds. The lowest BCUT2D eigenvalue weighted by Gasteiger charge is -2.06. The lowest BCUT2D eigenvalue weighted by Crippen LogP contribution is -2.22. The fourth-order valence-corrected chi connectivity index (χ4v) is 2.22. The molecule has 130 valence electrons. The Hall–Kier alpha value is -2.66. The summed E-state index contributed by atoms with van der Waals surface area (Å²) in [4.78, 5) is 23.8. The quantitative estimate of drug-likeness (QED) is 0.611. The van der Waals surface area contributed by atoms with Gasteiger partial charge in [0, 0.05) is 16.4 Å². The van der Waals surface area contributed by atoms with Gasteiger partial charge in [0.2, 0.25) is 11.8 Å². The molecule has 0 atom stereocenters. The summed E-state index contributed by atoms with van der Waals surface area (Å²) >= 11 is 5.80. The molecule has 25 heavy (non-hydrogen) atoms. The standard InChI is InChI=1S/C19H20ClN3O2/c1-13-3-9-17(10-4-13)21-18(24)11-14(2)22-23-19(25)12-15-5-7-16(20)8-6-15/h3-10H,11-12H2,1-2H3,(H,21,24)(H,23,25)/b22-14-. The van der Waals surface area contributed by atoms with Gasteiger partial charge in [-0.15, -0.1) is 0 Å². The van der Waals surface area contributed by atoms with Gasteiger partial charge in [-0.25, -0.2) is 5.43 Å². The largest absolute Gasteiger partial charge is 0.326 e. The summed E-state index contributed by atoms with van der Waals surface area (Å²) in [5.41, 5.74) is 5.68. The van der Waals surface area contributed by atoms with E-state index < -0.39 is 0 Å². The van der Waals surface area contributed by atoms with Gasteiger partial charge in [-0.2, -0.15) is 5.10 Å². The highest BCUT2D eigenvalue weighted by atomic mass is 35.5. The molecule has 0 saturated heterocycles. The third-order valence-electron chi connectivity index (χ3n) is 3.40. The molecule has 5 nitrogen and oxygen atoms in total. The molecule has 0 aliphatic carbocycles. The number of hydrogen-bond acceptors (Lipinski definition) is 3. The molecule has 2 aromatic rings. The van der Waals surface area contributed by atoms with E-state index >= 15 is 0 Å². The van der Waals surface area contributed by atoms with Gasteiger partial charge in [-0.3, -0.25) is 9.59 Å². The Kier molecular flexibility index (Phi) is 6.71. The van der Waals surface area contributed by atoms with Crippen LogP contribution in [0, 0.1) is 6.92 Å². The van der Waals surface area contributed by atoms with E-state index in [9.17, 15) is 9.59 Å². The van der Waals surface area contributed by atoms with Crippen LogP contribution in [0.25, 0.3) is 0 Å². The van der Waals surface area contributed by atoms with Crippen LogP contribution in [0.15, 0.2) is 53.6 Å². The zero-order chi connectivity index (χ0) is 18.2. The van der Waals surface area contributed by atoms with Crippen molar-refractivity contribution in [2.45, 2.75) is 26.7 Å². The highest BCUT2D eigenvalue weighted by Gasteiger charge is 2.06. The third-order valence-corrected chi connectivity index (χ3v) is 3.65. The number of rotatable bonds is 6. The molecule has 0 aromatic heterocycles. The number of carbonyl (C=O) groups is 2. The van der Waals surface area contributed by atoms with Crippen LogP contribution in [0.5, 0.6) is 0 Å². The van der Waals surface area contributed by atoms with Crippen molar-refractivity contribution >= 4 is 34.8 Å². The van der Waals surface area contributed by atoms with Crippen molar-refractivity contribution in [3.8, 4) is 0 Å². The Morgan fingerprint density at radius 2 is 1.64 bits per heavy atom. The summed E-state index contributed by atoms with van der Waals surface area (Å²) in [5, 5.41) is 7.37. The average molecular weight is 358 g/mol. The van der Waals surface area contributed by atoms with Gasteiger partial charge in [0.15, 0.2) is 0 Å². The van der Waals surface area contributed by atoms with Crippen molar-refractivity contribution in [1.29, 1.82) is 0 Å². The summed E-state index contributed by atoms with van der Waals surface area (Å²) < 4.78 is 0. The maximum Gasteiger partial charge on any atom is 0.244 e. The number of anilines is 1. The van der Waals surface area contributed by atoms with Crippen LogP contribution in [0.3, 0.4) is 0 Å². The fourth-order valence-electron chi connectivity index (χ4n) is 2.10. The van der Waals surface area contributed by atoms with Gasteiger partial charge < -0.3 is 5.32 Å². The first-order chi connectivity index (χ1) is 11.9. The van der Waals surface area contributed by atoms with E-state index in [0.717, 1.165) is 16.8 Å². The van der Waals surface area contributed by atoms with E-state index in [-0.39, 0.29) is 24.7 Å². The minimum absolute atomic E-state index is 0.106. The highest BCUT2D eigenvalue weighted by Crippen LogP contribution is 2.10. The van der Waals surface area contributed by atoms with Gasteiger partial charge in [-0.1, -0.05) is 41.4 Å². The third kappa shape index (κ3) is 6.77. The van der Waals surface area contributed by atoms with Crippen LogP contribution in [-0.2, 0) is 16.0 Å². The molecular formula is C19H20ClN3O2. The number of carbonyl (C=O) groups excluding carboxylic acids is 2. The Morgan fingerprint density at radius 1 is 1.00 bits per heavy atom. The molecule has 0 unspecified atom stereocenters. The first-order valence-electron chi connectivity index (χ1n) is 7.85. The monoisotopic (exact) mass is 357 g/mol. The number of benzene rings is 2. The molecule has 0 fully saturated rings. The van der Waals surface area contributed by atoms with Crippen LogP contribution < -0.4 is 10.7 Å². The van der Waals surface area contributed by atoms with Gasteiger partial charge in [0.1, 0.15) is 0 Å². The molecule has 0 radical (unpaired) electrons. The molecule has 2 aromatic carbocycles. The van der Waals surface area contributed by atoms with E-state index in [1.54, 1.807) is 31.2 Å². The zero-order valence-corrected chi connectivity index (χ0v) is 14.9. The van der Waals surface area contributed by atoms with Crippen LogP contribution in [0.4, 0.5) is 5.69 Å². The predicted octanol–water partition coefficient (Wildman–Crippen LogP) is 3.71. The lowest BCUT2D eigenvalue weighted by atomic mass is 10.1. The van der Waals surface area contributed by atoms with E-state index in [2.05, 4.69) is 15.8 Å². The number of hydrazone groups is 1. The normalized spacial score (nSPS) is 11.1. The summed E-state index contributed by atoms with van der Waals surface area (Å²) in [6, 6.07) is 14.6. The van der Waals surface area contributed by atoms with Crippen LogP contribution in [0.2, 0.25) is 5.02 Å². The van der Waals surface area contributed by atoms with Gasteiger partial charge in [0.05, 0.1) is 12.8 Å². The molecule has 0 heterocycles. The Balaban J connectivity index is 1.79. The van der Waals surface area contributed by atoms with Crippen molar-refractivity contribution in [3.05, 3.63) is 64.7 Å². The molecule has 2 N–H and O–H groups in total. The number of halogens is 1. The van der Waals surface area contributed by atoms with Gasteiger partial charge >= 0.3 is 0 Å². The SMILES string of the molecule is C/C(CC(=O)Nc1ccc(C)cc1)=N/NC(=O)Cc1ccc(Cl)cc1. The summed E-state index contributed by atoms with van der Waals surface area (Å²) in [5.74, 6) is -0.433. The van der Waals surface area contributed by atoms with Crippen LogP contribution in [-0.4, -0.2) is 17.5 Å². The molecule has 0 saturated carbocycles. The molecule has 0 bridgehead atoms. The Bertz CT molecular complexity index is 768. The van der Waals surface area contributed by atoms with E-state index in [0.29, 0.717) is 10.7 Å². The zero-order valence-electron chi connectivity index (χ0n) is 14.2. The van der Waals surface area contributed by atoms with Crippen molar-refractivity contribution in [3.63, 3.8) is 0 Å². The maximum absolute atomic E-state index is 12.0. The molecule has 6 heteroatoms. The minimum Gasteiger partial charge on any atom is -0.326 e. The number of nitrogens with one attached hydrogen (secondary N) is 2. The molecule has 0 aliphatic rings. The average Bonchev–Trinajstić information content (AvgIpc) is 2.57. The van der Waals surface area contributed by atoms with E-state index in [4.69, 9.17) is 11.6 Å². The first-order valence-corrected chi connectivity index (χ1v) is 8.23. The van der Waals surface area contributed by atoms with Crippen molar-refractivity contribution in [1.82, 2.24) is 5.43 Å². The summed E-state index contributed by atoms with van der Waals surface area (Å²) in [6.07, 6.45) is 0.304. The maximum atomic E-state index is 12.0. The molecular weight excluding hydrogens is 338 g/mol. The van der Waals surface area contributed by atoms with Crippen molar-refractivity contribution < 1.29 is 9.59 Å². The number of hydrogen-bond donors (Lipinski definition) is 2. The van der Waals surface area contributed by atoms with Gasteiger partial charge in [0.25, 0.3) is 0 Å². The Labute approximate surface area is 152 Å². The summed E-state index contributed by atoms with van der Waals surface area (Å²) in [6.45, 7) is 3.67. The molecule has 0 spiro atoms.